The second-order valence-corrected chi connectivity index (χ2v) is 12.5. The van der Waals surface area contributed by atoms with Gasteiger partial charge in [-0.25, -0.2) is 0 Å². The molecule has 2 nitrogen and oxygen atoms in total. The van der Waals surface area contributed by atoms with Crippen LogP contribution in [0.1, 0.15) is 11.1 Å². The zero-order chi connectivity index (χ0) is 28.2. The lowest BCUT2D eigenvalue weighted by Crippen LogP contribution is -1.93. The van der Waals surface area contributed by atoms with Crippen LogP contribution in [0, 0.1) is 22.7 Å². The molecule has 4 heteroatoms. The van der Waals surface area contributed by atoms with Gasteiger partial charge < -0.3 is 0 Å². The monoisotopic (exact) mass is 568 g/mol. The summed E-state index contributed by atoms with van der Waals surface area (Å²) in [6.07, 6.45) is 0. The first-order valence-corrected chi connectivity index (χ1v) is 15.3. The molecular weight excluding hydrogens is 549 g/mol. The van der Waals surface area contributed by atoms with Crippen LogP contribution in [0.5, 0.6) is 0 Å². The average Bonchev–Trinajstić information content (AvgIpc) is 3.62. The van der Waals surface area contributed by atoms with Crippen LogP contribution in [-0.2, 0) is 0 Å². The van der Waals surface area contributed by atoms with Crippen LogP contribution >= 0.6 is 22.7 Å². The molecule has 8 aromatic rings. The summed E-state index contributed by atoms with van der Waals surface area (Å²) in [5, 5.41) is 25.2. The number of benzene rings is 6. The van der Waals surface area contributed by atoms with Gasteiger partial charge in [0.15, 0.2) is 0 Å². The van der Waals surface area contributed by atoms with Crippen LogP contribution in [0.25, 0.3) is 73.7 Å². The summed E-state index contributed by atoms with van der Waals surface area (Å²) >= 11 is 3.55. The smallest absolute Gasteiger partial charge is 0.100 e. The number of thiophene rings is 2. The highest BCUT2D eigenvalue weighted by molar-refractivity contribution is 7.26. The number of fused-ring (bicyclic) bond motifs is 6. The molecule has 6 aromatic carbocycles. The minimum Gasteiger partial charge on any atom is -0.192 e. The Hall–Kier alpha value is -5.26. The van der Waals surface area contributed by atoms with E-state index >= 15 is 0 Å². The van der Waals surface area contributed by atoms with Crippen molar-refractivity contribution in [2.75, 3.05) is 0 Å². The Morgan fingerprint density at radius 2 is 1.12 bits per heavy atom. The summed E-state index contributed by atoms with van der Waals surface area (Å²) in [5.74, 6) is 0. The van der Waals surface area contributed by atoms with Crippen LogP contribution in [0.4, 0.5) is 0 Å². The van der Waals surface area contributed by atoms with E-state index in [1.807, 2.05) is 24.3 Å². The van der Waals surface area contributed by atoms with E-state index in [9.17, 15) is 10.5 Å². The highest BCUT2D eigenvalue weighted by atomic mass is 32.1. The Labute approximate surface area is 250 Å². The zero-order valence-electron chi connectivity index (χ0n) is 22.3. The van der Waals surface area contributed by atoms with Gasteiger partial charge in [-0.3, -0.25) is 0 Å². The maximum Gasteiger partial charge on any atom is 0.100 e. The number of hydrogen-bond acceptors (Lipinski definition) is 4. The molecule has 0 atom stereocenters. The number of nitrogens with zero attached hydrogens (tertiary/aromatic N) is 2. The molecule has 2 aromatic heterocycles. The van der Waals surface area contributed by atoms with Crippen LogP contribution in [-0.4, -0.2) is 0 Å². The fourth-order valence-electron chi connectivity index (χ4n) is 6.03. The van der Waals surface area contributed by atoms with E-state index in [2.05, 4.69) is 109 Å². The first-order chi connectivity index (χ1) is 20.7. The van der Waals surface area contributed by atoms with Gasteiger partial charge in [0.2, 0.25) is 0 Å². The number of hydrogen-bond donors (Lipinski definition) is 0. The Morgan fingerprint density at radius 1 is 0.429 bits per heavy atom. The highest BCUT2D eigenvalue weighted by Gasteiger charge is 2.19. The quantitative estimate of drug-likeness (QED) is 0.213. The Kier molecular flexibility index (Phi) is 5.66. The Bertz CT molecular complexity index is 2450. The number of rotatable bonds is 3. The lowest BCUT2D eigenvalue weighted by atomic mass is 9.86. The van der Waals surface area contributed by atoms with E-state index in [0.717, 1.165) is 33.4 Å². The standard InChI is InChI=1S/C38H20N2S2/c39-21-23-7-5-8-24(17-23)26-18-31(25-15-16-28-27-9-1-3-12-34(27)42-37(28)20-25)33(22-40)32(19-26)29-11-6-14-36-38(29)30-10-2-4-13-35(30)41-36/h1-20H. The van der Waals surface area contributed by atoms with E-state index in [0.29, 0.717) is 11.1 Å². The highest BCUT2D eigenvalue weighted by Crippen LogP contribution is 2.45. The molecule has 42 heavy (non-hydrogen) atoms. The maximum atomic E-state index is 10.7. The van der Waals surface area contributed by atoms with Crippen LogP contribution in [0.2, 0.25) is 0 Å². The van der Waals surface area contributed by atoms with Crippen molar-refractivity contribution in [1.82, 2.24) is 0 Å². The second-order valence-electron chi connectivity index (χ2n) is 10.3. The van der Waals surface area contributed by atoms with E-state index < -0.39 is 0 Å². The van der Waals surface area contributed by atoms with E-state index in [-0.39, 0.29) is 0 Å². The third-order valence-electron chi connectivity index (χ3n) is 7.96. The van der Waals surface area contributed by atoms with Gasteiger partial charge in [-0.15, -0.1) is 22.7 Å². The van der Waals surface area contributed by atoms with Crippen LogP contribution in [0.15, 0.2) is 121 Å². The van der Waals surface area contributed by atoms with Crippen molar-refractivity contribution in [3.8, 4) is 45.5 Å². The van der Waals surface area contributed by atoms with Gasteiger partial charge in [0.1, 0.15) is 6.07 Å². The third-order valence-corrected chi connectivity index (χ3v) is 10.2. The average molecular weight is 569 g/mol. The molecule has 0 bridgehead atoms. The predicted molar refractivity (Wildman–Crippen MR) is 178 cm³/mol. The predicted octanol–water partition coefficient (Wildman–Crippen LogP) is 11.2. The second kappa shape index (κ2) is 9.68. The van der Waals surface area contributed by atoms with Crippen molar-refractivity contribution in [1.29, 1.82) is 10.5 Å². The van der Waals surface area contributed by atoms with Crippen molar-refractivity contribution in [2.24, 2.45) is 0 Å². The van der Waals surface area contributed by atoms with Gasteiger partial charge in [0, 0.05) is 51.5 Å². The largest absolute Gasteiger partial charge is 0.192 e. The molecule has 8 rings (SSSR count). The molecular formula is C38H20N2S2. The zero-order valence-corrected chi connectivity index (χ0v) is 23.9. The number of nitriles is 2. The fraction of sp³-hybridized carbons (Fsp3) is 0. The van der Waals surface area contributed by atoms with Gasteiger partial charge in [0.25, 0.3) is 0 Å². The molecule has 194 valence electrons. The fourth-order valence-corrected chi connectivity index (χ4v) is 8.31. The van der Waals surface area contributed by atoms with Gasteiger partial charge >= 0.3 is 0 Å². The lowest BCUT2D eigenvalue weighted by Gasteiger charge is -2.15. The van der Waals surface area contributed by atoms with E-state index in [1.54, 1.807) is 22.7 Å². The van der Waals surface area contributed by atoms with Crippen molar-refractivity contribution in [3.63, 3.8) is 0 Å². The molecule has 0 saturated carbocycles. The molecule has 0 N–H and O–H groups in total. The molecule has 0 aliphatic heterocycles. The van der Waals surface area contributed by atoms with Gasteiger partial charge in [-0.2, -0.15) is 10.5 Å². The molecule has 0 saturated heterocycles. The van der Waals surface area contributed by atoms with E-state index in [4.69, 9.17) is 0 Å². The topological polar surface area (TPSA) is 47.6 Å². The van der Waals surface area contributed by atoms with Crippen molar-refractivity contribution in [3.05, 3.63) is 132 Å². The molecule has 2 heterocycles. The normalized spacial score (nSPS) is 11.3. The summed E-state index contributed by atoms with van der Waals surface area (Å²) in [6, 6.07) is 46.7. The van der Waals surface area contributed by atoms with E-state index in [1.165, 1.54) is 40.3 Å². The molecule has 0 fully saturated rings. The van der Waals surface area contributed by atoms with Crippen LogP contribution < -0.4 is 0 Å². The third kappa shape index (κ3) is 3.82. The SMILES string of the molecule is N#Cc1cccc(-c2cc(-c3ccc4c(c3)sc3ccccc34)c(C#N)c(-c3cccc4sc5ccccc5c34)c2)c1. The summed E-state index contributed by atoms with van der Waals surface area (Å²) < 4.78 is 4.88. The van der Waals surface area contributed by atoms with Crippen molar-refractivity contribution >= 4 is 63.0 Å². The molecule has 0 aliphatic rings. The molecule has 0 radical (unpaired) electrons. The lowest BCUT2D eigenvalue weighted by molar-refractivity contribution is 1.47. The van der Waals surface area contributed by atoms with Gasteiger partial charge in [0.05, 0.1) is 17.2 Å². The summed E-state index contributed by atoms with van der Waals surface area (Å²) in [7, 11) is 0. The maximum absolute atomic E-state index is 10.7. The van der Waals surface area contributed by atoms with Gasteiger partial charge in [-0.05, 0) is 70.8 Å². The van der Waals surface area contributed by atoms with Gasteiger partial charge in [-0.1, -0.05) is 72.8 Å². The summed E-state index contributed by atoms with van der Waals surface area (Å²) in [4.78, 5) is 0. The summed E-state index contributed by atoms with van der Waals surface area (Å²) in [6.45, 7) is 0. The first-order valence-electron chi connectivity index (χ1n) is 13.6. The molecule has 0 amide bonds. The van der Waals surface area contributed by atoms with Crippen LogP contribution in [0.3, 0.4) is 0 Å². The molecule has 0 aliphatic carbocycles. The summed E-state index contributed by atoms with van der Waals surface area (Å²) in [5.41, 5.74) is 7.03. The molecule has 0 spiro atoms. The minimum atomic E-state index is 0.609. The van der Waals surface area contributed by atoms with Crippen molar-refractivity contribution < 1.29 is 0 Å². The first kappa shape index (κ1) is 24.5. The Morgan fingerprint density at radius 3 is 1.95 bits per heavy atom. The Balaban J connectivity index is 1.45. The van der Waals surface area contributed by atoms with Crippen molar-refractivity contribution in [2.45, 2.75) is 0 Å². The minimum absolute atomic E-state index is 0.609. The molecule has 0 unspecified atom stereocenters.